The molecule has 0 amide bonds. The summed E-state index contributed by atoms with van der Waals surface area (Å²) in [7, 11) is 0. The molecule has 0 radical (unpaired) electrons. The van der Waals surface area contributed by atoms with Crippen LogP contribution >= 0.6 is 22.6 Å². The molecule has 4 rings (SSSR count). The molecule has 0 unspecified atom stereocenters. The van der Waals surface area contributed by atoms with E-state index in [9.17, 15) is 0 Å². The number of aromatic nitrogens is 2. The normalized spacial score (nSPS) is 12.3. The number of nitrogens with one attached hydrogen (secondary N) is 1. The van der Waals surface area contributed by atoms with Crippen molar-refractivity contribution in [2.24, 2.45) is 0 Å². The quantitative estimate of drug-likeness (QED) is 0.507. The molecule has 3 aromatic rings. The van der Waals surface area contributed by atoms with E-state index in [2.05, 4.69) is 75.3 Å². The average Bonchev–Trinajstić information content (AvgIpc) is 3.01. The molecular formula is C16H11IN2. The van der Waals surface area contributed by atoms with Gasteiger partial charge < -0.3 is 0 Å². The zero-order chi connectivity index (χ0) is 12.8. The fourth-order valence-corrected chi connectivity index (χ4v) is 3.35. The monoisotopic (exact) mass is 358 g/mol. The van der Waals surface area contributed by atoms with Gasteiger partial charge in [-0.3, -0.25) is 5.10 Å². The zero-order valence-electron chi connectivity index (χ0n) is 10.2. The molecule has 0 aliphatic heterocycles. The number of fused-ring (bicyclic) bond motifs is 3. The first-order valence-electron chi connectivity index (χ1n) is 6.23. The third-order valence-electron chi connectivity index (χ3n) is 3.68. The first kappa shape index (κ1) is 11.2. The topological polar surface area (TPSA) is 28.7 Å². The van der Waals surface area contributed by atoms with Crippen molar-refractivity contribution >= 4 is 22.6 Å². The van der Waals surface area contributed by atoms with Gasteiger partial charge >= 0.3 is 0 Å². The Hall–Kier alpha value is -1.62. The highest BCUT2D eigenvalue weighted by Gasteiger charge is 2.18. The van der Waals surface area contributed by atoms with Crippen molar-refractivity contribution < 1.29 is 0 Å². The Labute approximate surface area is 125 Å². The van der Waals surface area contributed by atoms with Crippen molar-refractivity contribution in [3.05, 3.63) is 63.4 Å². The maximum atomic E-state index is 4.10. The van der Waals surface area contributed by atoms with Gasteiger partial charge in [-0.05, 0) is 57.3 Å². The van der Waals surface area contributed by atoms with E-state index in [1.807, 2.05) is 6.20 Å². The fraction of sp³-hybridized carbons (Fsp3) is 0.0625. The third kappa shape index (κ3) is 1.72. The molecule has 92 valence electrons. The van der Waals surface area contributed by atoms with E-state index in [1.165, 1.54) is 27.8 Å². The predicted molar refractivity (Wildman–Crippen MR) is 85.0 cm³/mol. The molecule has 1 aliphatic carbocycles. The van der Waals surface area contributed by atoms with Gasteiger partial charge in [0.15, 0.2) is 0 Å². The molecule has 0 fully saturated rings. The Kier molecular flexibility index (Phi) is 2.48. The van der Waals surface area contributed by atoms with Gasteiger partial charge in [0.1, 0.15) is 0 Å². The summed E-state index contributed by atoms with van der Waals surface area (Å²) in [5.74, 6) is 0. The summed E-state index contributed by atoms with van der Waals surface area (Å²) in [5.41, 5.74) is 7.91. The van der Waals surface area contributed by atoms with Gasteiger partial charge in [0, 0.05) is 5.56 Å². The second kappa shape index (κ2) is 4.20. The predicted octanol–water partition coefficient (Wildman–Crippen LogP) is 4.25. The van der Waals surface area contributed by atoms with E-state index in [0.29, 0.717) is 0 Å². The molecule has 0 atom stereocenters. The molecule has 1 heterocycles. The lowest BCUT2D eigenvalue weighted by Crippen LogP contribution is -1.85. The molecule has 3 heteroatoms. The van der Waals surface area contributed by atoms with E-state index in [-0.39, 0.29) is 0 Å². The Morgan fingerprint density at radius 1 is 1.00 bits per heavy atom. The van der Waals surface area contributed by atoms with Gasteiger partial charge in [-0.1, -0.05) is 36.4 Å². The number of hydrogen-bond acceptors (Lipinski definition) is 1. The lowest BCUT2D eigenvalue weighted by atomic mass is 10.0. The Morgan fingerprint density at radius 3 is 2.68 bits per heavy atom. The summed E-state index contributed by atoms with van der Waals surface area (Å²) >= 11 is 2.31. The van der Waals surface area contributed by atoms with Gasteiger partial charge in [0.2, 0.25) is 0 Å². The standard InChI is InChI=1S/C16H11IN2/c17-15-9-18-19-16(15)11-5-6-14-12(8-11)7-10-3-1-2-4-13(10)14/h1-6,8-9H,7H2,(H,18,19). The van der Waals surface area contributed by atoms with E-state index >= 15 is 0 Å². The number of aromatic amines is 1. The number of halogens is 1. The second-order valence-electron chi connectivity index (χ2n) is 4.80. The number of rotatable bonds is 1. The van der Waals surface area contributed by atoms with E-state index < -0.39 is 0 Å². The smallest absolute Gasteiger partial charge is 0.0783 e. The summed E-state index contributed by atoms with van der Waals surface area (Å²) in [4.78, 5) is 0. The number of benzene rings is 2. The molecule has 0 spiro atoms. The summed E-state index contributed by atoms with van der Waals surface area (Å²) in [6.45, 7) is 0. The maximum absolute atomic E-state index is 4.10. The maximum Gasteiger partial charge on any atom is 0.0783 e. The van der Waals surface area contributed by atoms with Crippen molar-refractivity contribution in [3.63, 3.8) is 0 Å². The molecule has 19 heavy (non-hydrogen) atoms. The lowest BCUT2D eigenvalue weighted by Gasteiger charge is -2.04. The van der Waals surface area contributed by atoms with Gasteiger partial charge in [0.25, 0.3) is 0 Å². The third-order valence-corrected chi connectivity index (χ3v) is 4.49. The fourth-order valence-electron chi connectivity index (χ4n) is 2.77. The van der Waals surface area contributed by atoms with Gasteiger partial charge in [-0.2, -0.15) is 5.10 Å². The van der Waals surface area contributed by atoms with Crippen molar-refractivity contribution in [3.8, 4) is 22.4 Å². The zero-order valence-corrected chi connectivity index (χ0v) is 12.3. The number of hydrogen-bond donors (Lipinski definition) is 1. The molecule has 1 aliphatic rings. The minimum atomic E-state index is 1.03. The summed E-state index contributed by atoms with van der Waals surface area (Å²) < 4.78 is 1.16. The second-order valence-corrected chi connectivity index (χ2v) is 5.96. The first-order chi connectivity index (χ1) is 9.33. The van der Waals surface area contributed by atoms with Crippen LogP contribution in [-0.2, 0) is 6.42 Å². The first-order valence-corrected chi connectivity index (χ1v) is 7.31. The average molecular weight is 358 g/mol. The van der Waals surface area contributed by atoms with Crippen LogP contribution in [0.15, 0.2) is 48.7 Å². The van der Waals surface area contributed by atoms with E-state index in [4.69, 9.17) is 0 Å². The van der Waals surface area contributed by atoms with Crippen LogP contribution in [0.2, 0.25) is 0 Å². The highest BCUT2D eigenvalue weighted by atomic mass is 127. The van der Waals surface area contributed by atoms with Gasteiger partial charge in [-0.15, -0.1) is 0 Å². The van der Waals surface area contributed by atoms with Crippen LogP contribution in [0.3, 0.4) is 0 Å². The number of nitrogens with zero attached hydrogens (tertiary/aromatic N) is 1. The minimum Gasteiger partial charge on any atom is -0.277 e. The molecule has 0 saturated carbocycles. The minimum absolute atomic E-state index is 1.03. The Morgan fingerprint density at radius 2 is 1.84 bits per heavy atom. The summed E-state index contributed by atoms with van der Waals surface area (Å²) in [6, 6.07) is 15.3. The van der Waals surface area contributed by atoms with E-state index in [0.717, 1.165) is 15.7 Å². The van der Waals surface area contributed by atoms with Crippen LogP contribution in [0.25, 0.3) is 22.4 Å². The SMILES string of the molecule is Ic1cn[nH]c1-c1ccc2c(c1)Cc1ccccc1-2. The summed E-state index contributed by atoms with van der Waals surface area (Å²) in [5, 5.41) is 7.18. The van der Waals surface area contributed by atoms with Crippen LogP contribution in [0.4, 0.5) is 0 Å². The molecule has 0 bridgehead atoms. The van der Waals surface area contributed by atoms with Crippen LogP contribution in [-0.4, -0.2) is 10.2 Å². The van der Waals surface area contributed by atoms with Crippen LogP contribution in [0.1, 0.15) is 11.1 Å². The van der Waals surface area contributed by atoms with Gasteiger partial charge in [-0.25, -0.2) is 0 Å². The highest BCUT2D eigenvalue weighted by molar-refractivity contribution is 14.1. The largest absolute Gasteiger partial charge is 0.277 e. The van der Waals surface area contributed by atoms with Crippen molar-refractivity contribution in [1.82, 2.24) is 10.2 Å². The molecule has 2 nitrogen and oxygen atoms in total. The lowest BCUT2D eigenvalue weighted by molar-refractivity contribution is 1.09. The Balaban J connectivity index is 1.86. The molecule has 2 aromatic carbocycles. The van der Waals surface area contributed by atoms with Crippen LogP contribution in [0, 0.1) is 3.57 Å². The molecule has 1 aromatic heterocycles. The molecule has 1 N–H and O–H groups in total. The summed E-state index contributed by atoms with van der Waals surface area (Å²) in [6.07, 6.45) is 2.89. The number of H-pyrrole nitrogens is 1. The molecule has 0 saturated heterocycles. The van der Waals surface area contributed by atoms with Crippen LogP contribution in [0.5, 0.6) is 0 Å². The van der Waals surface area contributed by atoms with E-state index in [1.54, 1.807) is 0 Å². The van der Waals surface area contributed by atoms with Crippen molar-refractivity contribution in [2.75, 3.05) is 0 Å². The van der Waals surface area contributed by atoms with Crippen molar-refractivity contribution in [2.45, 2.75) is 6.42 Å². The Bertz CT molecular complexity index is 774. The molecular weight excluding hydrogens is 347 g/mol. The van der Waals surface area contributed by atoms with Gasteiger partial charge in [0.05, 0.1) is 15.5 Å². The van der Waals surface area contributed by atoms with Crippen molar-refractivity contribution in [1.29, 1.82) is 0 Å². The highest BCUT2D eigenvalue weighted by Crippen LogP contribution is 2.38. The van der Waals surface area contributed by atoms with Crippen LogP contribution < -0.4 is 0 Å².